The normalized spacial score (nSPS) is 14.2. The number of imide groups is 1. The summed E-state index contributed by atoms with van der Waals surface area (Å²) >= 11 is 2.62. The maximum atomic E-state index is 12.8. The average Bonchev–Trinajstić information content (AvgIpc) is 3.29. The molecular formula is C19H19NO5S2. The molecule has 1 aromatic heterocycles. The molecule has 2 aromatic rings. The standard InChI is InChI=1S/C19H19NO5S2/c1-24-13-4-6-14(7-5-13)25-10-8-20-18(22)16(15-3-2-11-26-15)17(19(20)23)27-12-9-21/h2-7,11,21H,8-10,12H2,1H3. The molecule has 0 saturated carbocycles. The molecule has 0 bridgehead atoms. The number of hydrogen-bond acceptors (Lipinski definition) is 7. The molecule has 0 spiro atoms. The monoisotopic (exact) mass is 405 g/mol. The lowest BCUT2D eigenvalue weighted by atomic mass is 10.2. The van der Waals surface area contributed by atoms with E-state index in [0.717, 1.165) is 10.6 Å². The van der Waals surface area contributed by atoms with Crippen LogP contribution in [-0.4, -0.2) is 54.4 Å². The summed E-state index contributed by atoms with van der Waals surface area (Å²) in [7, 11) is 1.59. The fraction of sp³-hybridized carbons (Fsp3) is 0.263. The zero-order valence-electron chi connectivity index (χ0n) is 14.7. The van der Waals surface area contributed by atoms with Gasteiger partial charge in [-0.1, -0.05) is 6.07 Å². The number of hydrogen-bond donors (Lipinski definition) is 1. The van der Waals surface area contributed by atoms with Crippen LogP contribution in [0, 0.1) is 0 Å². The number of benzene rings is 1. The Bertz CT molecular complexity index is 830. The van der Waals surface area contributed by atoms with Crippen LogP contribution in [0.2, 0.25) is 0 Å². The van der Waals surface area contributed by atoms with Gasteiger partial charge in [0.25, 0.3) is 11.8 Å². The van der Waals surface area contributed by atoms with Crippen molar-refractivity contribution in [1.82, 2.24) is 4.90 Å². The molecule has 0 aliphatic carbocycles. The van der Waals surface area contributed by atoms with Crippen molar-refractivity contribution in [2.75, 3.05) is 32.6 Å². The lowest BCUT2D eigenvalue weighted by Crippen LogP contribution is -2.35. The number of carbonyl (C=O) groups is 2. The van der Waals surface area contributed by atoms with Gasteiger partial charge in [0.15, 0.2) is 0 Å². The fourth-order valence-electron chi connectivity index (χ4n) is 2.60. The van der Waals surface area contributed by atoms with Crippen LogP contribution < -0.4 is 9.47 Å². The molecule has 0 fully saturated rings. The van der Waals surface area contributed by atoms with Crippen LogP contribution in [0.4, 0.5) is 0 Å². The number of thiophene rings is 1. The van der Waals surface area contributed by atoms with Crippen molar-refractivity contribution in [2.24, 2.45) is 0 Å². The molecule has 0 radical (unpaired) electrons. The van der Waals surface area contributed by atoms with Gasteiger partial charge < -0.3 is 14.6 Å². The highest BCUT2D eigenvalue weighted by atomic mass is 32.2. The largest absolute Gasteiger partial charge is 0.497 e. The number of aliphatic hydroxyl groups is 1. The van der Waals surface area contributed by atoms with Crippen molar-refractivity contribution in [2.45, 2.75) is 0 Å². The SMILES string of the molecule is COc1ccc(OCCN2C(=O)C(SCCO)=C(c3cccs3)C2=O)cc1. The van der Waals surface area contributed by atoms with Crippen LogP contribution >= 0.6 is 23.1 Å². The van der Waals surface area contributed by atoms with Gasteiger partial charge in [-0.25, -0.2) is 0 Å². The molecule has 2 amide bonds. The Labute approximate surface area is 165 Å². The van der Waals surface area contributed by atoms with Gasteiger partial charge in [-0.3, -0.25) is 14.5 Å². The summed E-state index contributed by atoms with van der Waals surface area (Å²) in [6.45, 7) is 0.287. The van der Waals surface area contributed by atoms with Gasteiger partial charge >= 0.3 is 0 Å². The fourth-order valence-corrected chi connectivity index (χ4v) is 4.31. The molecule has 6 nitrogen and oxygen atoms in total. The number of amides is 2. The van der Waals surface area contributed by atoms with Crippen LogP contribution in [0.25, 0.3) is 5.57 Å². The zero-order chi connectivity index (χ0) is 19.2. The Balaban J connectivity index is 1.68. The molecule has 27 heavy (non-hydrogen) atoms. The van der Waals surface area contributed by atoms with Gasteiger partial charge in [-0.05, 0) is 35.7 Å². The first-order valence-electron chi connectivity index (χ1n) is 8.30. The maximum Gasteiger partial charge on any atom is 0.268 e. The van der Waals surface area contributed by atoms with Crippen molar-refractivity contribution in [3.8, 4) is 11.5 Å². The molecule has 1 aromatic carbocycles. The molecule has 0 unspecified atom stereocenters. The van der Waals surface area contributed by atoms with E-state index in [9.17, 15) is 9.59 Å². The number of ether oxygens (including phenoxy) is 2. The van der Waals surface area contributed by atoms with E-state index in [1.165, 1.54) is 28.0 Å². The van der Waals surface area contributed by atoms with Gasteiger partial charge in [-0.15, -0.1) is 23.1 Å². The van der Waals surface area contributed by atoms with Crippen LogP contribution in [0.5, 0.6) is 11.5 Å². The Kier molecular flexibility index (Phi) is 6.54. The van der Waals surface area contributed by atoms with E-state index in [-0.39, 0.29) is 31.6 Å². The summed E-state index contributed by atoms with van der Waals surface area (Å²) in [5, 5.41) is 11.0. The summed E-state index contributed by atoms with van der Waals surface area (Å²) in [5.41, 5.74) is 0.415. The number of aliphatic hydroxyl groups excluding tert-OH is 1. The minimum absolute atomic E-state index is 0.0616. The first-order valence-corrected chi connectivity index (χ1v) is 10.2. The molecular weight excluding hydrogens is 386 g/mol. The molecule has 8 heteroatoms. The molecule has 0 atom stereocenters. The second-order valence-electron chi connectivity index (χ2n) is 5.54. The van der Waals surface area contributed by atoms with E-state index < -0.39 is 0 Å². The third-order valence-corrected chi connectivity index (χ3v) is 5.82. The van der Waals surface area contributed by atoms with E-state index in [0.29, 0.717) is 22.0 Å². The lowest BCUT2D eigenvalue weighted by Gasteiger charge is -2.15. The second-order valence-corrected chi connectivity index (χ2v) is 7.59. The molecule has 1 aliphatic rings. The second kappa shape index (κ2) is 9.07. The number of methoxy groups -OCH3 is 1. The number of rotatable bonds is 9. The Morgan fingerprint density at radius 3 is 2.48 bits per heavy atom. The third kappa shape index (κ3) is 4.35. The summed E-state index contributed by atoms with van der Waals surface area (Å²) in [4.78, 5) is 27.9. The first-order chi connectivity index (χ1) is 13.2. The number of nitrogens with zero attached hydrogens (tertiary/aromatic N) is 1. The highest BCUT2D eigenvalue weighted by Crippen LogP contribution is 2.37. The van der Waals surface area contributed by atoms with E-state index in [2.05, 4.69) is 0 Å². The van der Waals surface area contributed by atoms with Crippen LogP contribution in [0.15, 0.2) is 46.7 Å². The third-order valence-electron chi connectivity index (χ3n) is 3.87. The van der Waals surface area contributed by atoms with E-state index in [1.54, 1.807) is 31.4 Å². The summed E-state index contributed by atoms with van der Waals surface area (Å²) in [5.74, 6) is 1.07. The Morgan fingerprint density at radius 1 is 1.11 bits per heavy atom. The smallest absolute Gasteiger partial charge is 0.268 e. The van der Waals surface area contributed by atoms with E-state index in [1.807, 2.05) is 17.5 Å². The minimum atomic E-state index is -0.333. The lowest BCUT2D eigenvalue weighted by molar-refractivity contribution is -0.136. The maximum absolute atomic E-state index is 12.8. The van der Waals surface area contributed by atoms with Crippen molar-refractivity contribution in [3.05, 3.63) is 51.6 Å². The molecule has 1 aliphatic heterocycles. The van der Waals surface area contributed by atoms with Crippen molar-refractivity contribution in [3.63, 3.8) is 0 Å². The highest BCUT2D eigenvalue weighted by molar-refractivity contribution is 8.04. The molecule has 3 rings (SSSR count). The van der Waals surface area contributed by atoms with Crippen molar-refractivity contribution < 1.29 is 24.2 Å². The molecule has 0 saturated heterocycles. The molecule has 1 N–H and O–H groups in total. The Hall–Kier alpha value is -2.29. The molecule has 2 heterocycles. The topological polar surface area (TPSA) is 76.1 Å². The highest BCUT2D eigenvalue weighted by Gasteiger charge is 2.39. The van der Waals surface area contributed by atoms with Gasteiger partial charge in [-0.2, -0.15) is 0 Å². The molecule has 142 valence electrons. The predicted octanol–water partition coefficient (Wildman–Crippen LogP) is 2.64. The van der Waals surface area contributed by atoms with Crippen molar-refractivity contribution in [1.29, 1.82) is 0 Å². The summed E-state index contributed by atoms with van der Waals surface area (Å²) in [6.07, 6.45) is 0. The number of carbonyl (C=O) groups excluding carboxylic acids is 2. The summed E-state index contributed by atoms with van der Waals surface area (Å²) < 4.78 is 10.7. The quantitative estimate of drug-likeness (QED) is 0.647. The van der Waals surface area contributed by atoms with Gasteiger partial charge in [0.05, 0.1) is 30.7 Å². The first kappa shape index (κ1) is 19.5. The van der Waals surface area contributed by atoms with E-state index >= 15 is 0 Å². The van der Waals surface area contributed by atoms with Crippen LogP contribution in [-0.2, 0) is 9.59 Å². The van der Waals surface area contributed by atoms with Gasteiger partial charge in [0, 0.05) is 10.6 Å². The van der Waals surface area contributed by atoms with Crippen LogP contribution in [0.3, 0.4) is 0 Å². The minimum Gasteiger partial charge on any atom is -0.497 e. The Morgan fingerprint density at radius 2 is 1.85 bits per heavy atom. The van der Waals surface area contributed by atoms with Gasteiger partial charge in [0.1, 0.15) is 18.1 Å². The average molecular weight is 405 g/mol. The van der Waals surface area contributed by atoms with Gasteiger partial charge in [0.2, 0.25) is 0 Å². The number of thioether (sulfide) groups is 1. The zero-order valence-corrected chi connectivity index (χ0v) is 16.3. The van der Waals surface area contributed by atoms with Crippen molar-refractivity contribution >= 4 is 40.5 Å². The summed E-state index contributed by atoms with van der Waals surface area (Å²) in [6, 6.07) is 10.8. The predicted molar refractivity (Wildman–Crippen MR) is 106 cm³/mol. The van der Waals surface area contributed by atoms with Crippen LogP contribution in [0.1, 0.15) is 4.88 Å². The van der Waals surface area contributed by atoms with E-state index in [4.69, 9.17) is 14.6 Å².